The van der Waals surface area contributed by atoms with Gasteiger partial charge in [-0.3, -0.25) is 0 Å². The number of aromatic carboxylic acids is 1. The van der Waals surface area contributed by atoms with Crippen LogP contribution in [0.5, 0.6) is 5.75 Å². The Morgan fingerprint density at radius 3 is 2.47 bits per heavy atom. The number of carbonyl (C=O) groups excluding carboxylic acids is 1. The number of piperidine rings is 1. The lowest BCUT2D eigenvalue weighted by Gasteiger charge is -2.31. The van der Waals surface area contributed by atoms with Crippen molar-refractivity contribution in [2.24, 2.45) is 5.92 Å². The minimum absolute atomic E-state index is 0.119. The predicted octanol–water partition coefficient (Wildman–Crippen LogP) is 7.27. The number of carboxylic acid groups (broad SMARTS) is 1. The Balaban J connectivity index is 1.13. The van der Waals surface area contributed by atoms with E-state index in [9.17, 15) is 41.0 Å². The van der Waals surface area contributed by atoms with E-state index in [2.05, 4.69) is 14.9 Å². The van der Waals surface area contributed by atoms with Gasteiger partial charge in [-0.05, 0) is 37.5 Å². The number of aromatic nitrogens is 2. The van der Waals surface area contributed by atoms with Gasteiger partial charge in [0, 0.05) is 36.4 Å². The first kappa shape index (κ1) is 29.4. The molecule has 2 aliphatic carbocycles. The van der Waals surface area contributed by atoms with Crippen molar-refractivity contribution in [3.8, 4) is 17.0 Å². The van der Waals surface area contributed by atoms with Crippen molar-refractivity contribution in [2.75, 3.05) is 11.4 Å². The fourth-order valence-corrected chi connectivity index (χ4v) is 7.27. The number of halogens is 6. The number of hydrogen-bond donors (Lipinski definition) is 1. The van der Waals surface area contributed by atoms with Gasteiger partial charge in [0.05, 0.1) is 15.8 Å². The Hall–Kier alpha value is -4.34. The maximum absolute atomic E-state index is 13.8. The predicted molar refractivity (Wildman–Crippen MR) is 145 cm³/mol. The summed E-state index contributed by atoms with van der Waals surface area (Å²) in [5.74, 6) is -3.12. The van der Waals surface area contributed by atoms with E-state index >= 15 is 0 Å². The molecule has 1 N–H and O–H groups in total. The average Bonchev–Trinajstić information content (AvgIpc) is 3.29. The van der Waals surface area contributed by atoms with Gasteiger partial charge in [-0.25, -0.2) is 14.6 Å². The van der Waals surface area contributed by atoms with Crippen molar-refractivity contribution in [3.05, 3.63) is 58.8 Å². The highest BCUT2D eigenvalue weighted by molar-refractivity contribution is 7.22. The molecule has 2 aromatic heterocycles. The number of carbonyl (C=O) groups is 2. The smallest absolute Gasteiger partial charge is 0.478 e. The molecule has 3 fully saturated rings. The van der Waals surface area contributed by atoms with Gasteiger partial charge < -0.3 is 24.0 Å². The number of alkyl halides is 6. The summed E-state index contributed by atoms with van der Waals surface area (Å²) in [4.78, 5) is 31.3. The number of thiazole rings is 1. The van der Waals surface area contributed by atoms with Crippen LogP contribution < -0.4 is 9.64 Å². The SMILES string of the molecule is O=C(O)c1cc(OC(F)(F)F)c2nc(N3C[C@@H]4C[C@H]3C[C@H]4OC(=O)c3c(-c4ccccc4C(F)(F)F)noc3C3CC3)sc2c1. The van der Waals surface area contributed by atoms with Gasteiger partial charge in [0.1, 0.15) is 22.9 Å². The summed E-state index contributed by atoms with van der Waals surface area (Å²) in [5.41, 5.74) is -2.11. The number of carboxylic acids is 1. The molecule has 236 valence electrons. The number of hydrogen-bond acceptors (Lipinski definition) is 9. The second-order valence-electron chi connectivity index (χ2n) is 11.2. The first-order chi connectivity index (χ1) is 21.3. The third kappa shape index (κ3) is 5.44. The number of nitrogens with zero attached hydrogens (tertiary/aromatic N) is 3. The summed E-state index contributed by atoms with van der Waals surface area (Å²) in [7, 11) is 0. The standard InChI is InChI=1S/C29H21F6N3O6S/c30-28(31,32)17-4-2-1-3-16(17)22-21(24(44-37-22)12-5-6-12)26(41)42-18-10-15-7-14(18)11-38(15)27-36-23-19(43-29(33,34)35)8-13(25(39)40)9-20(23)45-27/h1-4,8-9,12,14-15,18H,5-7,10-11H2,(H,39,40)/t14-,15-,18+/m0/s1. The third-order valence-electron chi connectivity index (χ3n) is 8.26. The zero-order chi connectivity index (χ0) is 31.8. The number of ether oxygens (including phenoxy) is 2. The van der Waals surface area contributed by atoms with Crippen LogP contribution in [0.25, 0.3) is 21.5 Å². The zero-order valence-corrected chi connectivity index (χ0v) is 23.6. The number of esters is 1. The van der Waals surface area contributed by atoms with Crippen LogP contribution in [0, 0.1) is 5.92 Å². The van der Waals surface area contributed by atoms with Crippen LogP contribution in [0.1, 0.15) is 63.6 Å². The summed E-state index contributed by atoms with van der Waals surface area (Å²) < 4.78 is 96.1. The fraction of sp³-hybridized carbons (Fsp3) is 0.379. The first-order valence-electron chi connectivity index (χ1n) is 13.8. The molecule has 0 spiro atoms. The van der Waals surface area contributed by atoms with Gasteiger partial charge in [0.2, 0.25) is 0 Å². The molecule has 4 aromatic rings. The lowest BCUT2D eigenvalue weighted by Crippen LogP contribution is -2.39. The Labute approximate surface area is 253 Å². The van der Waals surface area contributed by atoms with Crippen molar-refractivity contribution < 1.29 is 55.0 Å². The number of fused-ring (bicyclic) bond motifs is 3. The molecule has 2 bridgehead atoms. The van der Waals surface area contributed by atoms with Gasteiger partial charge in [-0.2, -0.15) is 13.2 Å². The molecule has 3 aliphatic rings. The molecular weight excluding hydrogens is 632 g/mol. The zero-order valence-electron chi connectivity index (χ0n) is 22.8. The van der Waals surface area contributed by atoms with Crippen molar-refractivity contribution in [2.45, 2.75) is 56.3 Å². The third-order valence-corrected chi connectivity index (χ3v) is 9.30. The molecule has 1 aliphatic heterocycles. The Morgan fingerprint density at radius 2 is 1.82 bits per heavy atom. The van der Waals surface area contributed by atoms with Gasteiger partial charge in [-0.1, -0.05) is 34.7 Å². The summed E-state index contributed by atoms with van der Waals surface area (Å²) in [5, 5.41) is 13.6. The van der Waals surface area contributed by atoms with Crippen molar-refractivity contribution in [1.29, 1.82) is 0 Å². The molecule has 3 atom stereocenters. The molecule has 45 heavy (non-hydrogen) atoms. The van der Waals surface area contributed by atoms with Crippen LogP contribution in [0.3, 0.4) is 0 Å². The molecule has 0 amide bonds. The minimum atomic E-state index is -5.06. The van der Waals surface area contributed by atoms with E-state index in [1.54, 1.807) is 0 Å². The molecule has 7 rings (SSSR count). The van der Waals surface area contributed by atoms with Crippen molar-refractivity contribution >= 4 is 38.6 Å². The molecule has 0 radical (unpaired) electrons. The minimum Gasteiger partial charge on any atom is -0.478 e. The lowest BCUT2D eigenvalue weighted by molar-refractivity contribution is -0.274. The highest BCUT2D eigenvalue weighted by Crippen LogP contribution is 2.48. The molecular formula is C29H21F6N3O6S. The van der Waals surface area contributed by atoms with Crippen LogP contribution in [0.4, 0.5) is 31.5 Å². The Morgan fingerprint density at radius 1 is 1.07 bits per heavy atom. The fourth-order valence-electron chi connectivity index (χ4n) is 6.16. The highest BCUT2D eigenvalue weighted by atomic mass is 32.1. The van der Waals surface area contributed by atoms with Gasteiger partial charge in [0.15, 0.2) is 16.6 Å². The maximum Gasteiger partial charge on any atom is 0.573 e. The number of anilines is 1. The van der Waals surface area contributed by atoms with Gasteiger partial charge in [0.25, 0.3) is 0 Å². The second kappa shape index (κ2) is 10.4. The lowest BCUT2D eigenvalue weighted by atomic mass is 9.99. The van der Waals surface area contributed by atoms with Crippen LogP contribution in [-0.4, -0.2) is 52.2 Å². The molecule has 3 heterocycles. The maximum atomic E-state index is 13.8. The Kier molecular flexibility index (Phi) is 6.76. The van der Waals surface area contributed by atoms with E-state index in [0.717, 1.165) is 23.5 Å². The van der Waals surface area contributed by atoms with Crippen molar-refractivity contribution in [1.82, 2.24) is 10.1 Å². The average molecular weight is 654 g/mol. The molecule has 16 heteroatoms. The highest BCUT2D eigenvalue weighted by Gasteiger charge is 2.49. The second-order valence-corrected chi connectivity index (χ2v) is 12.2. The van der Waals surface area contributed by atoms with E-state index < -0.39 is 41.9 Å². The van der Waals surface area contributed by atoms with Crippen LogP contribution in [-0.2, 0) is 10.9 Å². The van der Waals surface area contributed by atoms with Crippen molar-refractivity contribution in [3.63, 3.8) is 0 Å². The first-order valence-corrected chi connectivity index (χ1v) is 14.7. The Bertz CT molecular complexity index is 1830. The number of rotatable bonds is 7. The van der Waals surface area contributed by atoms with Crippen LogP contribution in [0.2, 0.25) is 0 Å². The van der Waals surface area contributed by atoms with E-state index in [1.165, 1.54) is 24.3 Å². The summed E-state index contributed by atoms with van der Waals surface area (Å²) in [6.07, 6.45) is -8.02. The molecule has 2 aromatic carbocycles. The largest absolute Gasteiger partial charge is 0.573 e. The summed E-state index contributed by atoms with van der Waals surface area (Å²) >= 11 is 1.02. The molecule has 0 unspecified atom stereocenters. The van der Waals surface area contributed by atoms with Crippen LogP contribution in [0.15, 0.2) is 40.9 Å². The molecule has 9 nitrogen and oxygen atoms in total. The normalized spacial score (nSPS) is 21.5. The molecule has 2 saturated carbocycles. The summed E-state index contributed by atoms with van der Waals surface area (Å²) in [6.45, 7) is 0.340. The summed E-state index contributed by atoms with van der Waals surface area (Å²) in [6, 6.07) is 6.60. The van der Waals surface area contributed by atoms with E-state index in [1.807, 2.05) is 4.90 Å². The van der Waals surface area contributed by atoms with Gasteiger partial charge in [-0.15, -0.1) is 13.2 Å². The van der Waals surface area contributed by atoms with E-state index in [4.69, 9.17) is 9.26 Å². The van der Waals surface area contributed by atoms with E-state index in [-0.39, 0.29) is 56.2 Å². The monoisotopic (exact) mass is 653 g/mol. The van der Waals surface area contributed by atoms with Gasteiger partial charge >= 0.3 is 24.5 Å². The number of benzene rings is 2. The topological polar surface area (TPSA) is 115 Å². The van der Waals surface area contributed by atoms with E-state index in [0.29, 0.717) is 37.4 Å². The molecule has 1 saturated heterocycles. The quantitative estimate of drug-likeness (QED) is 0.162. The van der Waals surface area contributed by atoms with Crippen LogP contribution >= 0.6 is 11.3 Å².